The molecule has 1 fully saturated rings. The van der Waals surface area contributed by atoms with E-state index in [4.69, 9.17) is 0 Å². The fourth-order valence-corrected chi connectivity index (χ4v) is 4.25. The van der Waals surface area contributed by atoms with Crippen LogP contribution in [-0.2, 0) is 0 Å². The first-order valence-electron chi connectivity index (χ1n) is 9.40. The number of hydrogen-bond acceptors (Lipinski definition) is 7. The van der Waals surface area contributed by atoms with Crippen molar-refractivity contribution in [2.75, 3.05) is 31.1 Å². The first-order chi connectivity index (χ1) is 14.2. The van der Waals surface area contributed by atoms with Crippen LogP contribution in [0, 0.1) is 6.92 Å². The third kappa shape index (κ3) is 3.44. The molecule has 0 saturated carbocycles. The van der Waals surface area contributed by atoms with Gasteiger partial charge in [-0.3, -0.25) is 4.79 Å². The highest BCUT2D eigenvalue weighted by atomic mass is 32.1. The molecule has 5 rings (SSSR count). The van der Waals surface area contributed by atoms with Crippen molar-refractivity contribution in [1.82, 2.24) is 29.6 Å². The Bertz CT molecular complexity index is 1160. The molecule has 4 heterocycles. The predicted molar refractivity (Wildman–Crippen MR) is 112 cm³/mol. The van der Waals surface area contributed by atoms with Gasteiger partial charge >= 0.3 is 0 Å². The topological polar surface area (TPSA) is 80.0 Å². The van der Waals surface area contributed by atoms with E-state index in [1.54, 1.807) is 27.7 Å². The number of thiazole rings is 1. The molecule has 9 heteroatoms. The van der Waals surface area contributed by atoms with Crippen LogP contribution in [0.5, 0.6) is 0 Å². The summed E-state index contributed by atoms with van der Waals surface area (Å²) in [6, 6.07) is 9.52. The fraction of sp³-hybridized carbons (Fsp3) is 0.250. The zero-order valence-corrected chi connectivity index (χ0v) is 16.7. The molecule has 0 bridgehead atoms. The van der Waals surface area contributed by atoms with E-state index in [-0.39, 0.29) is 5.91 Å². The van der Waals surface area contributed by atoms with E-state index in [1.165, 1.54) is 0 Å². The molecule has 8 nitrogen and oxygen atoms in total. The van der Waals surface area contributed by atoms with Crippen molar-refractivity contribution in [3.8, 4) is 5.82 Å². The molecule has 29 heavy (non-hydrogen) atoms. The quantitative estimate of drug-likeness (QED) is 0.521. The van der Waals surface area contributed by atoms with E-state index in [0.29, 0.717) is 24.5 Å². The van der Waals surface area contributed by atoms with Gasteiger partial charge in [0.1, 0.15) is 11.6 Å². The minimum Gasteiger partial charge on any atom is -0.353 e. The molecule has 0 N–H and O–H groups in total. The summed E-state index contributed by atoms with van der Waals surface area (Å²) < 4.78 is 2.77. The first kappa shape index (κ1) is 17.7. The molecule has 1 amide bonds. The van der Waals surface area contributed by atoms with Crippen LogP contribution >= 0.6 is 11.3 Å². The van der Waals surface area contributed by atoms with Crippen LogP contribution in [0.2, 0.25) is 0 Å². The van der Waals surface area contributed by atoms with E-state index >= 15 is 0 Å². The number of benzene rings is 1. The Hall–Kier alpha value is -3.33. The van der Waals surface area contributed by atoms with Gasteiger partial charge in [0.05, 0.1) is 15.7 Å². The molecule has 1 aliphatic rings. The van der Waals surface area contributed by atoms with Crippen molar-refractivity contribution in [2.24, 2.45) is 0 Å². The molecule has 0 aliphatic carbocycles. The maximum atomic E-state index is 12.9. The standard InChI is InChI=1S/C20H19N7OS/c1-14-23-18(12-19(24-14)27-6-2-5-22-27)25-7-9-26(10-8-25)20(28)15-3-4-16-17(11-15)29-13-21-16/h2-6,11-13H,7-10H2,1H3. The van der Waals surface area contributed by atoms with Crippen molar-refractivity contribution >= 4 is 33.3 Å². The predicted octanol–water partition coefficient (Wildman–Crippen LogP) is 2.54. The van der Waals surface area contributed by atoms with E-state index < -0.39 is 0 Å². The Morgan fingerprint density at radius 2 is 1.90 bits per heavy atom. The lowest BCUT2D eigenvalue weighted by Gasteiger charge is -2.35. The number of hydrogen-bond donors (Lipinski definition) is 0. The van der Waals surface area contributed by atoms with Crippen LogP contribution in [0.1, 0.15) is 16.2 Å². The number of piperazine rings is 1. The lowest BCUT2D eigenvalue weighted by Crippen LogP contribution is -2.49. The number of carbonyl (C=O) groups is 1. The molecule has 146 valence electrons. The molecule has 0 atom stereocenters. The van der Waals surface area contributed by atoms with Crippen LogP contribution in [0.15, 0.2) is 48.2 Å². The second-order valence-corrected chi connectivity index (χ2v) is 7.78. The summed E-state index contributed by atoms with van der Waals surface area (Å²) in [5.74, 6) is 2.37. The van der Waals surface area contributed by atoms with Crippen LogP contribution in [0.3, 0.4) is 0 Å². The Kier molecular flexibility index (Phi) is 4.44. The molecular weight excluding hydrogens is 386 g/mol. The number of aromatic nitrogens is 5. The van der Waals surface area contributed by atoms with Crippen LogP contribution in [-0.4, -0.2) is 61.7 Å². The molecule has 4 aromatic rings. The normalized spacial score (nSPS) is 14.5. The van der Waals surface area contributed by atoms with Gasteiger partial charge in [-0.1, -0.05) is 0 Å². The number of nitrogens with zero attached hydrogens (tertiary/aromatic N) is 7. The van der Waals surface area contributed by atoms with Gasteiger partial charge < -0.3 is 9.80 Å². The molecule has 0 unspecified atom stereocenters. The number of aryl methyl sites for hydroxylation is 1. The lowest BCUT2D eigenvalue weighted by molar-refractivity contribution is 0.0746. The molecular formula is C20H19N7OS. The zero-order chi connectivity index (χ0) is 19.8. The van der Waals surface area contributed by atoms with Gasteiger partial charge in [-0.25, -0.2) is 19.6 Å². The SMILES string of the molecule is Cc1nc(N2CCN(C(=O)c3ccc4ncsc4c3)CC2)cc(-n2cccn2)n1. The smallest absolute Gasteiger partial charge is 0.254 e. The van der Waals surface area contributed by atoms with Gasteiger partial charge in [0, 0.05) is 50.2 Å². The number of fused-ring (bicyclic) bond motifs is 1. The highest BCUT2D eigenvalue weighted by Crippen LogP contribution is 2.22. The number of amides is 1. The van der Waals surface area contributed by atoms with Crippen molar-refractivity contribution < 1.29 is 4.79 Å². The van der Waals surface area contributed by atoms with Crippen LogP contribution in [0.4, 0.5) is 5.82 Å². The van der Waals surface area contributed by atoms with Crippen LogP contribution in [0.25, 0.3) is 16.0 Å². The highest BCUT2D eigenvalue weighted by molar-refractivity contribution is 7.16. The van der Waals surface area contributed by atoms with Gasteiger partial charge in [0.15, 0.2) is 5.82 Å². The van der Waals surface area contributed by atoms with Gasteiger partial charge in [0.25, 0.3) is 5.91 Å². The van der Waals surface area contributed by atoms with Crippen LogP contribution < -0.4 is 4.90 Å². The second-order valence-electron chi connectivity index (χ2n) is 6.90. The average Bonchev–Trinajstić information content (AvgIpc) is 3.44. The summed E-state index contributed by atoms with van der Waals surface area (Å²) in [5.41, 5.74) is 3.45. The summed E-state index contributed by atoms with van der Waals surface area (Å²) in [6.07, 6.45) is 3.59. The summed E-state index contributed by atoms with van der Waals surface area (Å²) in [6.45, 7) is 4.64. The summed E-state index contributed by atoms with van der Waals surface area (Å²) >= 11 is 1.55. The average molecular weight is 405 g/mol. The van der Waals surface area contributed by atoms with Crippen molar-refractivity contribution in [1.29, 1.82) is 0 Å². The summed E-state index contributed by atoms with van der Waals surface area (Å²) in [7, 11) is 0. The van der Waals surface area contributed by atoms with Crippen molar-refractivity contribution in [3.63, 3.8) is 0 Å². The molecule has 0 radical (unpaired) electrons. The summed E-state index contributed by atoms with van der Waals surface area (Å²) in [5, 5.41) is 4.25. The van der Waals surface area contributed by atoms with E-state index in [9.17, 15) is 4.79 Å². The fourth-order valence-electron chi connectivity index (χ4n) is 3.53. The molecule has 1 aromatic carbocycles. The maximum Gasteiger partial charge on any atom is 0.254 e. The largest absolute Gasteiger partial charge is 0.353 e. The Balaban J connectivity index is 1.30. The third-order valence-corrected chi connectivity index (χ3v) is 5.81. The minimum absolute atomic E-state index is 0.0658. The van der Waals surface area contributed by atoms with E-state index in [0.717, 1.165) is 34.9 Å². The van der Waals surface area contributed by atoms with Crippen molar-refractivity contribution in [3.05, 3.63) is 59.6 Å². The van der Waals surface area contributed by atoms with Gasteiger partial charge in [0.2, 0.25) is 0 Å². The molecule has 1 saturated heterocycles. The second kappa shape index (κ2) is 7.25. The van der Waals surface area contributed by atoms with Gasteiger partial charge in [-0.05, 0) is 31.2 Å². The summed E-state index contributed by atoms with van der Waals surface area (Å²) in [4.78, 5) is 30.4. The van der Waals surface area contributed by atoms with E-state index in [2.05, 4.69) is 25.0 Å². The van der Waals surface area contributed by atoms with Gasteiger partial charge in [-0.2, -0.15) is 5.10 Å². The zero-order valence-electron chi connectivity index (χ0n) is 15.9. The molecule has 1 aliphatic heterocycles. The first-order valence-corrected chi connectivity index (χ1v) is 10.3. The monoisotopic (exact) mass is 405 g/mol. The lowest BCUT2D eigenvalue weighted by atomic mass is 10.1. The number of anilines is 1. The van der Waals surface area contributed by atoms with Gasteiger partial charge in [-0.15, -0.1) is 11.3 Å². The Morgan fingerprint density at radius 1 is 1.07 bits per heavy atom. The number of carbonyl (C=O) groups excluding carboxylic acids is 1. The Morgan fingerprint density at radius 3 is 2.69 bits per heavy atom. The Labute approximate surface area is 171 Å². The van der Waals surface area contributed by atoms with E-state index in [1.807, 2.05) is 48.4 Å². The highest BCUT2D eigenvalue weighted by Gasteiger charge is 2.24. The molecule has 0 spiro atoms. The maximum absolute atomic E-state index is 12.9. The third-order valence-electron chi connectivity index (χ3n) is 5.02. The molecule has 3 aromatic heterocycles. The number of rotatable bonds is 3. The van der Waals surface area contributed by atoms with Crippen molar-refractivity contribution in [2.45, 2.75) is 6.92 Å². The minimum atomic E-state index is 0.0658.